The topological polar surface area (TPSA) is 33.3 Å². The Hall–Kier alpha value is -2.62. The van der Waals surface area contributed by atoms with Gasteiger partial charge < -0.3 is 15.4 Å². The molecule has 34 heavy (non-hydrogen) atoms. The summed E-state index contributed by atoms with van der Waals surface area (Å²) < 4.78 is 5.67. The van der Waals surface area contributed by atoms with Crippen LogP contribution in [0.2, 0.25) is 0 Å². The van der Waals surface area contributed by atoms with Gasteiger partial charge in [0, 0.05) is 36.2 Å². The van der Waals surface area contributed by atoms with Crippen LogP contribution in [0.15, 0.2) is 84.9 Å². The molecule has 0 aromatic heterocycles. The summed E-state index contributed by atoms with van der Waals surface area (Å²) in [6.07, 6.45) is 5.41. The largest absolute Gasteiger partial charge is 0.496 e. The fourth-order valence-electron chi connectivity index (χ4n) is 7.13. The molecule has 3 aromatic rings. The fraction of sp³-hybridized carbons (Fsp3) is 0.419. The summed E-state index contributed by atoms with van der Waals surface area (Å²) in [6.45, 7) is 0.837. The molecule has 6 rings (SSSR count). The highest BCUT2D eigenvalue weighted by Crippen LogP contribution is 2.59. The molecule has 1 aliphatic heterocycles. The zero-order chi connectivity index (χ0) is 22.9. The van der Waals surface area contributed by atoms with Gasteiger partial charge in [-0.25, -0.2) is 0 Å². The van der Waals surface area contributed by atoms with Gasteiger partial charge in [-0.2, -0.15) is 0 Å². The highest BCUT2D eigenvalue weighted by atomic mass is 16.5. The van der Waals surface area contributed by atoms with E-state index < -0.39 is 0 Å². The van der Waals surface area contributed by atoms with Gasteiger partial charge in [0.15, 0.2) is 0 Å². The lowest BCUT2D eigenvalue weighted by atomic mass is 9.80. The summed E-state index contributed by atoms with van der Waals surface area (Å²) in [7, 11) is 1.77. The van der Waals surface area contributed by atoms with Crippen molar-refractivity contribution >= 4 is 0 Å². The van der Waals surface area contributed by atoms with E-state index in [4.69, 9.17) is 4.74 Å². The minimum Gasteiger partial charge on any atom is -0.496 e. The molecule has 3 aromatic carbocycles. The average molecular weight is 453 g/mol. The molecule has 176 valence electrons. The molecule has 0 amide bonds. The Morgan fingerprint density at radius 1 is 0.853 bits per heavy atom. The van der Waals surface area contributed by atoms with Crippen molar-refractivity contribution in [2.24, 2.45) is 17.8 Å². The Kier molecular flexibility index (Phi) is 6.15. The van der Waals surface area contributed by atoms with Gasteiger partial charge in [0.05, 0.1) is 7.11 Å². The summed E-state index contributed by atoms with van der Waals surface area (Å²) in [4.78, 5) is 0. The van der Waals surface area contributed by atoms with E-state index in [-0.39, 0.29) is 0 Å². The van der Waals surface area contributed by atoms with Gasteiger partial charge in [-0.3, -0.25) is 0 Å². The lowest BCUT2D eigenvalue weighted by Gasteiger charge is -2.37. The number of benzene rings is 3. The lowest BCUT2D eigenvalue weighted by molar-refractivity contribution is 0.296. The third-order valence-electron chi connectivity index (χ3n) is 8.67. The molecule has 2 bridgehead atoms. The molecular formula is C31H36N2O. The van der Waals surface area contributed by atoms with Gasteiger partial charge in [-0.1, -0.05) is 85.3 Å². The van der Waals surface area contributed by atoms with Crippen LogP contribution in [0.1, 0.15) is 48.3 Å². The van der Waals surface area contributed by atoms with E-state index >= 15 is 0 Å². The molecule has 2 saturated carbocycles. The van der Waals surface area contributed by atoms with E-state index in [0.29, 0.717) is 24.0 Å². The van der Waals surface area contributed by atoms with E-state index in [9.17, 15) is 0 Å². The smallest absolute Gasteiger partial charge is 0.123 e. The van der Waals surface area contributed by atoms with Crippen LogP contribution < -0.4 is 15.4 Å². The van der Waals surface area contributed by atoms with Crippen molar-refractivity contribution in [1.29, 1.82) is 0 Å². The number of methoxy groups -OCH3 is 1. The van der Waals surface area contributed by atoms with Crippen LogP contribution in [0.25, 0.3) is 0 Å². The van der Waals surface area contributed by atoms with E-state index in [1.165, 1.54) is 42.4 Å². The Morgan fingerprint density at radius 2 is 1.53 bits per heavy atom. The van der Waals surface area contributed by atoms with Crippen molar-refractivity contribution in [3.63, 3.8) is 0 Å². The summed E-state index contributed by atoms with van der Waals surface area (Å²) in [5.41, 5.74) is 4.05. The van der Waals surface area contributed by atoms with Crippen LogP contribution in [0.5, 0.6) is 5.75 Å². The highest BCUT2D eigenvalue weighted by molar-refractivity contribution is 5.37. The monoisotopic (exact) mass is 452 g/mol. The number of rotatable bonds is 7. The maximum atomic E-state index is 5.67. The van der Waals surface area contributed by atoms with Crippen molar-refractivity contribution in [3.8, 4) is 5.75 Å². The van der Waals surface area contributed by atoms with Crippen LogP contribution in [0.4, 0.5) is 0 Å². The molecule has 1 saturated heterocycles. The van der Waals surface area contributed by atoms with Crippen molar-refractivity contribution < 1.29 is 4.74 Å². The molecular weight excluding hydrogens is 416 g/mol. The van der Waals surface area contributed by atoms with Crippen molar-refractivity contribution in [3.05, 3.63) is 102 Å². The molecule has 0 radical (unpaired) electrons. The summed E-state index contributed by atoms with van der Waals surface area (Å²) in [6, 6.07) is 32.1. The summed E-state index contributed by atoms with van der Waals surface area (Å²) in [5, 5.41) is 8.31. The summed E-state index contributed by atoms with van der Waals surface area (Å²) >= 11 is 0. The Labute approximate surface area is 203 Å². The minimum atomic E-state index is 0.318. The second-order valence-electron chi connectivity index (χ2n) is 10.5. The van der Waals surface area contributed by atoms with Gasteiger partial charge in [0.25, 0.3) is 0 Å². The molecule has 3 nitrogen and oxygen atoms in total. The van der Waals surface area contributed by atoms with Gasteiger partial charge >= 0.3 is 0 Å². The number of ether oxygens (including phenoxy) is 1. The van der Waals surface area contributed by atoms with E-state index in [2.05, 4.69) is 95.6 Å². The van der Waals surface area contributed by atoms with Crippen LogP contribution in [-0.4, -0.2) is 25.2 Å². The SMILES string of the molecule is COc1ccccc1CN[C@@H]1C2C3CCCC(CC32)N[C@@H]1C(c1ccccc1)c1ccccc1. The van der Waals surface area contributed by atoms with E-state index in [0.717, 1.165) is 30.0 Å². The number of nitrogens with one attached hydrogen (secondary N) is 2. The molecule has 3 aliphatic rings. The fourth-order valence-corrected chi connectivity index (χ4v) is 7.13. The van der Waals surface area contributed by atoms with Gasteiger partial charge in [-0.05, 0) is 54.2 Å². The number of hydrogen-bond donors (Lipinski definition) is 2. The second kappa shape index (κ2) is 9.56. The quantitative estimate of drug-likeness (QED) is 0.478. The van der Waals surface area contributed by atoms with Gasteiger partial charge in [0.1, 0.15) is 5.75 Å². The zero-order valence-electron chi connectivity index (χ0n) is 20.1. The number of hydrogen-bond acceptors (Lipinski definition) is 3. The maximum Gasteiger partial charge on any atom is 0.123 e. The van der Waals surface area contributed by atoms with Crippen LogP contribution >= 0.6 is 0 Å². The predicted molar refractivity (Wildman–Crippen MR) is 138 cm³/mol. The first-order valence-electron chi connectivity index (χ1n) is 13.0. The highest BCUT2D eigenvalue weighted by Gasteiger charge is 2.59. The average Bonchev–Trinajstić information content (AvgIpc) is 3.61. The molecule has 3 fully saturated rings. The number of para-hydroxylation sites is 1. The number of fused-ring (bicyclic) bond motifs is 2. The summed E-state index contributed by atoms with van der Waals surface area (Å²) in [5.74, 6) is 3.80. The van der Waals surface area contributed by atoms with Crippen LogP contribution in [0.3, 0.4) is 0 Å². The maximum absolute atomic E-state index is 5.67. The zero-order valence-corrected chi connectivity index (χ0v) is 20.1. The first-order chi connectivity index (χ1) is 16.8. The lowest BCUT2D eigenvalue weighted by Crippen LogP contribution is -2.54. The standard InChI is InChI=1S/C31H36N2O/c1-34-27-18-9-8-15-23(27)20-32-30-29-25-17-10-16-24(19-26(25)29)33-31(30)28(21-11-4-2-5-12-21)22-13-6-3-7-14-22/h2-9,11-15,18,24-26,28-33H,10,16-17,19-20H2,1H3/t24?,25?,26?,29?,30-,31-/m1/s1. The molecule has 2 N–H and O–H groups in total. The van der Waals surface area contributed by atoms with Crippen molar-refractivity contribution in [1.82, 2.24) is 10.6 Å². The first-order valence-corrected chi connectivity index (χ1v) is 13.0. The van der Waals surface area contributed by atoms with E-state index in [1.807, 2.05) is 0 Å². The van der Waals surface area contributed by atoms with Gasteiger partial charge in [-0.15, -0.1) is 0 Å². The molecule has 4 unspecified atom stereocenters. The Morgan fingerprint density at radius 3 is 2.24 bits per heavy atom. The third-order valence-corrected chi connectivity index (χ3v) is 8.67. The molecule has 1 heterocycles. The van der Waals surface area contributed by atoms with Gasteiger partial charge in [0.2, 0.25) is 0 Å². The molecule has 2 aliphatic carbocycles. The van der Waals surface area contributed by atoms with Crippen LogP contribution in [0, 0.1) is 17.8 Å². The minimum absolute atomic E-state index is 0.318. The van der Waals surface area contributed by atoms with E-state index in [1.54, 1.807) is 7.11 Å². The Balaban J connectivity index is 1.39. The molecule has 0 spiro atoms. The van der Waals surface area contributed by atoms with Crippen molar-refractivity contribution in [2.45, 2.75) is 56.3 Å². The van der Waals surface area contributed by atoms with Crippen LogP contribution in [-0.2, 0) is 6.54 Å². The first kappa shape index (κ1) is 21.9. The second-order valence-corrected chi connectivity index (χ2v) is 10.5. The predicted octanol–water partition coefficient (Wildman–Crippen LogP) is 5.76. The third kappa shape index (κ3) is 4.16. The molecule has 3 heteroatoms. The Bertz CT molecular complexity index is 1050. The molecule has 6 atom stereocenters. The van der Waals surface area contributed by atoms with Crippen molar-refractivity contribution in [2.75, 3.05) is 7.11 Å². The normalized spacial score (nSPS) is 29.8.